The number of rotatable bonds is 3. The molecule has 0 unspecified atom stereocenters. The number of nitrogen functional groups attached to an aromatic ring is 1. The number of hydrogen-bond acceptors (Lipinski definition) is 2. The first-order valence-corrected chi connectivity index (χ1v) is 3.96. The normalized spacial score (nSPS) is 10.1. The van der Waals surface area contributed by atoms with Crippen molar-refractivity contribution in [3.63, 3.8) is 0 Å². The zero-order valence-corrected chi connectivity index (χ0v) is 7.44. The molecule has 2 nitrogen and oxygen atoms in total. The van der Waals surface area contributed by atoms with Gasteiger partial charge >= 0.3 is 0 Å². The SMILES string of the molecule is Nc1cc(F)c(OCCF)cc1Cl. The smallest absolute Gasteiger partial charge is 0.167 e. The van der Waals surface area contributed by atoms with Gasteiger partial charge in [0.25, 0.3) is 0 Å². The van der Waals surface area contributed by atoms with Gasteiger partial charge in [-0.3, -0.25) is 0 Å². The van der Waals surface area contributed by atoms with Gasteiger partial charge in [0.15, 0.2) is 11.6 Å². The second-order valence-corrected chi connectivity index (χ2v) is 2.75. The maximum absolute atomic E-state index is 13.0. The van der Waals surface area contributed by atoms with E-state index in [1.807, 2.05) is 0 Å². The van der Waals surface area contributed by atoms with Crippen LogP contribution in [0.4, 0.5) is 14.5 Å². The third-order valence-corrected chi connectivity index (χ3v) is 1.71. The molecule has 0 saturated carbocycles. The molecule has 0 amide bonds. The Morgan fingerprint density at radius 3 is 2.77 bits per heavy atom. The van der Waals surface area contributed by atoms with E-state index in [0.29, 0.717) is 0 Å². The van der Waals surface area contributed by atoms with Crippen LogP contribution in [-0.4, -0.2) is 13.3 Å². The van der Waals surface area contributed by atoms with E-state index >= 15 is 0 Å². The molecule has 0 aliphatic rings. The summed E-state index contributed by atoms with van der Waals surface area (Å²) in [5, 5.41) is 0.190. The van der Waals surface area contributed by atoms with Crippen LogP contribution in [0.1, 0.15) is 0 Å². The van der Waals surface area contributed by atoms with Crippen molar-refractivity contribution in [3.8, 4) is 5.75 Å². The van der Waals surface area contributed by atoms with Gasteiger partial charge in [-0.15, -0.1) is 0 Å². The van der Waals surface area contributed by atoms with Crippen LogP contribution in [0.5, 0.6) is 5.75 Å². The molecular formula is C8H8ClF2NO. The summed E-state index contributed by atoms with van der Waals surface area (Å²) >= 11 is 5.60. The molecule has 0 aromatic heterocycles. The highest BCUT2D eigenvalue weighted by Gasteiger charge is 2.07. The molecule has 1 aromatic carbocycles. The van der Waals surface area contributed by atoms with Gasteiger partial charge in [-0.1, -0.05) is 11.6 Å². The number of benzene rings is 1. The summed E-state index contributed by atoms with van der Waals surface area (Å²) in [5.74, 6) is -0.729. The van der Waals surface area contributed by atoms with Crippen LogP contribution in [0.25, 0.3) is 0 Å². The molecule has 0 bridgehead atoms. The Balaban J connectivity index is 2.88. The monoisotopic (exact) mass is 207 g/mol. The standard InChI is InChI=1S/C8H8ClF2NO/c9-5-3-8(13-2-1-10)6(11)4-7(5)12/h3-4H,1-2,12H2. The molecule has 13 heavy (non-hydrogen) atoms. The van der Waals surface area contributed by atoms with Gasteiger partial charge < -0.3 is 10.5 Å². The minimum Gasteiger partial charge on any atom is -0.488 e. The van der Waals surface area contributed by atoms with Gasteiger partial charge in [-0.05, 0) is 0 Å². The molecule has 0 saturated heterocycles. The molecule has 1 rings (SSSR count). The third kappa shape index (κ3) is 2.45. The lowest BCUT2D eigenvalue weighted by Gasteiger charge is -2.06. The summed E-state index contributed by atoms with van der Waals surface area (Å²) in [6.07, 6.45) is 0. The van der Waals surface area contributed by atoms with Gasteiger partial charge in [0.2, 0.25) is 0 Å². The van der Waals surface area contributed by atoms with Crippen LogP contribution in [-0.2, 0) is 0 Å². The van der Waals surface area contributed by atoms with E-state index in [1.54, 1.807) is 0 Å². The molecule has 1 aromatic rings. The van der Waals surface area contributed by atoms with Crippen LogP contribution >= 0.6 is 11.6 Å². The topological polar surface area (TPSA) is 35.2 Å². The number of ether oxygens (including phenoxy) is 1. The molecule has 0 fully saturated rings. The first kappa shape index (κ1) is 10.1. The number of hydrogen-bond donors (Lipinski definition) is 1. The van der Waals surface area contributed by atoms with Crippen molar-refractivity contribution in [3.05, 3.63) is 23.0 Å². The van der Waals surface area contributed by atoms with E-state index in [4.69, 9.17) is 22.1 Å². The third-order valence-electron chi connectivity index (χ3n) is 1.39. The fourth-order valence-corrected chi connectivity index (χ4v) is 0.957. The summed E-state index contributed by atoms with van der Waals surface area (Å²) in [6.45, 7) is -0.876. The van der Waals surface area contributed by atoms with Gasteiger partial charge in [0, 0.05) is 12.1 Å². The summed E-state index contributed by atoms with van der Waals surface area (Å²) < 4.78 is 29.4. The summed E-state index contributed by atoms with van der Waals surface area (Å²) in [5.41, 5.74) is 5.45. The minimum atomic E-state index is -0.679. The van der Waals surface area contributed by atoms with Crippen molar-refractivity contribution in [1.82, 2.24) is 0 Å². The fourth-order valence-electron chi connectivity index (χ4n) is 0.803. The molecule has 2 N–H and O–H groups in total. The second kappa shape index (κ2) is 4.28. The van der Waals surface area contributed by atoms with E-state index in [2.05, 4.69) is 0 Å². The molecule has 0 heterocycles. The maximum atomic E-state index is 13.0. The highest BCUT2D eigenvalue weighted by Crippen LogP contribution is 2.27. The van der Waals surface area contributed by atoms with Crippen molar-refractivity contribution >= 4 is 17.3 Å². The molecule has 0 atom stereocenters. The average Bonchev–Trinajstić information content (AvgIpc) is 2.09. The lowest BCUT2D eigenvalue weighted by molar-refractivity contribution is 0.262. The Morgan fingerprint density at radius 2 is 2.15 bits per heavy atom. The van der Waals surface area contributed by atoms with Crippen molar-refractivity contribution < 1.29 is 13.5 Å². The summed E-state index contributed by atoms with van der Waals surface area (Å²) in [7, 11) is 0. The highest BCUT2D eigenvalue weighted by molar-refractivity contribution is 6.33. The molecule has 0 radical (unpaired) electrons. The Hall–Kier alpha value is -1.03. The quantitative estimate of drug-likeness (QED) is 0.773. The first-order chi connectivity index (χ1) is 6.15. The lowest BCUT2D eigenvalue weighted by atomic mass is 10.3. The van der Waals surface area contributed by atoms with Crippen molar-refractivity contribution in [2.45, 2.75) is 0 Å². The number of halogens is 3. The molecule has 72 valence electrons. The predicted molar refractivity (Wildman–Crippen MR) is 47.3 cm³/mol. The largest absolute Gasteiger partial charge is 0.488 e. The van der Waals surface area contributed by atoms with Gasteiger partial charge in [0.05, 0.1) is 10.7 Å². The van der Waals surface area contributed by atoms with Crippen LogP contribution in [0.15, 0.2) is 12.1 Å². The zero-order chi connectivity index (χ0) is 9.84. The zero-order valence-electron chi connectivity index (χ0n) is 6.69. The Bertz CT molecular complexity index is 306. The second-order valence-electron chi connectivity index (χ2n) is 2.34. The van der Waals surface area contributed by atoms with E-state index in [0.717, 1.165) is 6.07 Å². The Morgan fingerprint density at radius 1 is 1.46 bits per heavy atom. The van der Waals surface area contributed by atoms with Crippen LogP contribution in [0, 0.1) is 5.82 Å². The molecule has 5 heteroatoms. The average molecular weight is 208 g/mol. The van der Waals surface area contributed by atoms with E-state index in [9.17, 15) is 8.78 Å². The number of alkyl halides is 1. The first-order valence-electron chi connectivity index (χ1n) is 3.58. The van der Waals surface area contributed by atoms with Crippen LogP contribution in [0.3, 0.4) is 0 Å². The lowest BCUT2D eigenvalue weighted by Crippen LogP contribution is -2.01. The van der Waals surface area contributed by atoms with Crippen molar-refractivity contribution in [1.29, 1.82) is 0 Å². The predicted octanol–water partition coefficient (Wildman–Crippen LogP) is 2.41. The summed E-state index contributed by atoms with van der Waals surface area (Å²) in [4.78, 5) is 0. The summed E-state index contributed by atoms with van der Waals surface area (Å²) in [6, 6.07) is 2.26. The fraction of sp³-hybridized carbons (Fsp3) is 0.250. The molecule has 0 aliphatic heterocycles. The molecular weight excluding hydrogens is 200 g/mol. The molecule has 0 aliphatic carbocycles. The van der Waals surface area contributed by atoms with E-state index < -0.39 is 12.5 Å². The minimum absolute atomic E-state index is 0.0862. The van der Waals surface area contributed by atoms with Crippen LogP contribution in [0.2, 0.25) is 5.02 Å². The van der Waals surface area contributed by atoms with E-state index in [1.165, 1.54) is 6.07 Å². The molecule has 0 spiro atoms. The van der Waals surface area contributed by atoms with Gasteiger partial charge in [-0.2, -0.15) is 0 Å². The van der Waals surface area contributed by atoms with Gasteiger partial charge in [-0.25, -0.2) is 8.78 Å². The Labute approximate surface area is 79.2 Å². The van der Waals surface area contributed by atoms with Gasteiger partial charge in [0.1, 0.15) is 13.3 Å². The van der Waals surface area contributed by atoms with Crippen molar-refractivity contribution in [2.75, 3.05) is 19.0 Å². The maximum Gasteiger partial charge on any atom is 0.167 e. The van der Waals surface area contributed by atoms with Crippen LogP contribution < -0.4 is 10.5 Å². The number of nitrogens with two attached hydrogens (primary N) is 1. The highest BCUT2D eigenvalue weighted by atomic mass is 35.5. The van der Waals surface area contributed by atoms with E-state index in [-0.39, 0.29) is 23.1 Å². The Kier molecular flexibility index (Phi) is 3.31. The van der Waals surface area contributed by atoms with Crippen molar-refractivity contribution in [2.24, 2.45) is 0 Å². The number of anilines is 1.